The molecule has 56 valence electrons. The molecule has 0 radical (unpaired) electrons. The predicted molar refractivity (Wildman–Crippen MR) is 35.7 cm³/mol. The molecule has 0 saturated carbocycles. The van der Waals surface area contributed by atoms with Crippen molar-refractivity contribution in [3.05, 3.63) is 0 Å². The van der Waals surface area contributed by atoms with Crippen molar-refractivity contribution in [2.24, 2.45) is 5.73 Å². The molecule has 0 aromatic rings. The fraction of sp³-hybridized carbons (Fsp3) is 1.00. The van der Waals surface area contributed by atoms with Crippen LogP contribution in [0, 0.1) is 0 Å². The minimum absolute atomic E-state index is 0.441. The summed E-state index contributed by atoms with van der Waals surface area (Å²) in [7, 11) is 0. The molecule has 0 aromatic heterocycles. The number of hydrogen-bond acceptors (Lipinski definition) is 3. The summed E-state index contributed by atoms with van der Waals surface area (Å²) in [4.78, 5) is 0. The van der Waals surface area contributed by atoms with Gasteiger partial charge in [-0.05, 0) is 20.3 Å². The van der Waals surface area contributed by atoms with E-state index in [1.165, 1.54) is 13.8 Å². The van der Waals surface area contributed by atoms with E-state index in [0.717, 1.165) is 0 Å². The van der Waals surface area contributed by atoms with Crippen LogP contribution in [0.25, 0.3) is 0 Å². The predicted octanol–water partition coefficient (Wildman–Crippen LogP) is -0.185. The Morgan fingerprint density at radius 2 is 1.67 bits per heavy atom. The summed E-state index contributed by atoms with van der Waals surface area (Å²) in [5.41, 5.74) is 2.54. The van der Waals surface area contributed by atoms with Gasteiger partial charge in [-0.25, -0.2) is 0 Å². The van der Waals surface area contributed by atoms with Crippen LogP contribution < -0.4 is 5.73 Å². The van der Waals surface area contributed by atoms with Crippen LogP contribution in [0.5, 0.6) is 0 Å². The molecule has 0 aliphatic carbocycles. The van der Waals surface area contributed by atoms with Gasteiger partial charge in [-0.3, -0.25) is 0 Å². The molecule has 0 aromatic carbocycles. The van der Waals surface area contributed by atoms with Crippen molar-refractivity contribution < 1.29 is 10.2 Å². The third kappa shape index (κ3) is 1.93. The fourth-order valence-corrected chi connectivity index (χ4v) is 0.358. The Bertz CT molecular complexity index is 93.7. The van der Waals surface area contributed by atoms with Crippen molar-refractivity contribution in [1.29, 1.82) is 0 Å². The van der Waals surface area contributed by atoms with Crippen LogP contribution in [0.2, 0.25) is 0 Å². The zero-order chi connectivity index (χ0) is 7.71. The molecule has 9 heavy (non-hydrogen) atoms. The minimum atomic E-state index is -1.50. The molecule has 4 N–H and O–H groups in total. The topological polar surface area (TPSA) is 66.5 Å². The Morgan fingerprint density at radius 1 is 1.33 bits per heavy atom. The summed E-state index contributed by atoms with van der Waals surface area (Å²) in [6.45, 7) is 4.66. The molecule has 0 aliphatic heterocycles. The standard InChI is InChI=1S/C6H15NO2/c1-4-5(2,8)6(3,7)9/h8-9H,4,7H2,1-3H3. The van der Waals surface area contributed by atoms with Gasteiger partial charge in [-0.15, -0.1) is 0 Å². The third-order valence-electron chi connectivity index (χ3n) is 1.78. The quantitative estimate of drug-likeness (QED) is 0.457. The van der Waals surface area contributed by atoms with E-state index in [1.54, 1.807) is 6.92 Å². The van der Waals surface area contributed by atoms with Crippen molar-refractivity contribution >= 4 is 0 Å². The van der Waals surface area contributed by atoms with E-state index < -0.39 is 11.3 Å². The average Bonchev–Trinajstić information content (AvgIpc) is 1.64. The molecule has 0 rings (SSSR count). The van der Waals surface area contributed by atoms with Gasteiger partial charge in [-0.1, -0.05) is 6.92 Å². The number of rotatable bonds is 2. The van der Waals surface area contributed by atoms with E-state index in [1.807, 2.05) is 0 Å². The molecule has 0 saturated heterocycles. The monoisotopic (exact) mass is 133 g/mol. The molecule has 3 nitrogen and oxygen atoms in total. The van der Waals surface area contributed by atoms with Crippen LogP contribution in [0.3, 0.4) is 0 Å². The summed E-state index contributed by atoms with van der Waals surface area (Å²) in [5.74, 6) is 0. The van der Waals surface area contributed by atoms with Crippen molar-refractivity contribution in [3.8, 4) is 0 Å². The van der Waals surface area contributed by atoms with Gasteiger partial charge in [-0.2, -0.15) is 0 Å². The second-order valence-corrected chi connectivity index (χ2v) is 2.77. The van der Waals surface area contributed by atoms with Gasteiger partial charge in [0.1, 0.15) is 11.3 Å². The number of nitrogens with two attached hydrogens (primary N) is 1. The average molecular weight is 133 g/mol. The Kier molecular flexibility index (Phi) is 2.22. The Balaban J connectivity index is 4.14. The maximum absolute atomic E-state index is 9.28. The van der Waals surface area contributed by atoms with Gasteiger partial charge in [0.2, 0.25) is 0 Å². The van der Waals surface area contributed by atoms with E-state index in [4.69, 9.17) is 10.8 Å². The highest BCUT2D eigenvalue weighted by molar-refractivity contribution is 4.86. The van der Waals surface area contributed by atoms with Crippen molar-refractivity contribution in [2.45, 2.75) is 38.5 Å². The van der Waals surface area contributed by atoms with E-state index in [9.17, 15) is 5.11 Å². The molecular formula is C6H15NO2. The molecule has 0 aliphatic rings. The molecule has 0 fully saturated rings. The third-order valence-corrected chi connectivity index (χ3v) is 1.78. The fourth-order valence-electron chi connectivity index (χ4n) is 0.358. The first-order chi connectivity index (χ1) is 3.81. The lowest BCUT2D eigenvalue weighted by molar-refractivity contribution is -0.128. The number of hydrogen-bond donors (Lipinski definition) is 3. The molecule has 0 amide bonds. The minimum Gasteiger partial charge on any atom is -0.386 e. The van der Waals surface area contributed by atoms with Crippen LogP contribution in [-0.2, 0) is 0 Å². The Labute approximate surface area is 55.5 Å². The normalized spacial score (nSPS) is 24.7. The Morgan fingerprint density at radius 3 is 1.67 bits per heavy atom. The molecule has 0 heterocycles. The van der Waals surface area contributed by atoms with Gasteiger partial charge < -0.3 is 15.9 Å². The van der Waals surface area contributed by atoms with Crippen molar-refractivity contribution in [3.63, 3.8) is 0 Å². The zero-order valence-corrected chi connectivity index (χ0v) is 6.18. The summed E-state index contributed by atoms with van der Waals surface area (Å²) in [6, 6.07) is 0. The van der Waals surface area contributed by atoms with E-state index in [0.29, 0.717) is 6.42 Å². The molecular weight excluding hydrogens is 118 g/mol. The SMILES string of the molecule is CCC(C)(O)C(C)(N)O. The first kappa shape index (κ1) is 8.88. The molecule has 0 spiro atoms. The Hall–Kier alpha value is -0.120. The van der Waals surface area contributed by atoms with E-state index >= 15 is 0 Å². The van der Waals surface area contributed by atoms with E-state index in [2.05, 4.69) is 0 Å². The van der Waals surface area contributed by atoms with Gasteiger partial charge in [0.25, 0.3) is 0 Å². The summed E-state index contributed by atoms with van der Waals surface area (Å²) in [5, 5.41) is 18.4. The lowest BCUT2D eigenvalue weighted by Gasteiger charge is -2.33. The van der Waals surface area contributed by atoms with Gasteiger partial charge in [0, 0.05) is 0 Å². The van der Waals surface area contributed by atoms with Gasteiger partial charge in [0.05, 0.1) is 0 Å². The maximum Gasteiger partial charge on any atom is 0.139 e. The highest BCUT2D eigenvalue weighted by Crippen LogP contribution is 2.19. The molecule has 0 bridgehead atoms. The van der Waals surface area contributed by atoms with Crippen molar-refractivity contribution in [2.75, 3.05) is 0 Å². The van der Waals surface area contributed by atoms with Crippen molar-refractivity contribution in [1.82, 2.24) is 0 Å². The summed E-state index contributed by atoms with van der Waals surface area (Å²) in [6.07, 6.45) is 0.441. The van der Waals surface area contributed by atoms with Crippen LogP contribution >= 0.6 is 0 Å². The lowest BCUT2D eigenvalue weighted by Crippen LogP contribution is -2.56. The smallest absolute Gasteiger partial charge is 0.139 e. The number of aliphatic hydroxyl groups is 2. The van der Waals surface area contributed by atoms with E-state index in [-0.39, 0.29) is 0 Å². The first-order valence-electron chi connectivity index (χ1n) is 3.05. The molecule has 2 atom stereocenters. The summed E-state index contributed by atoms with van der Waals surface area (Å²) >= 11 is 0. The zero-order valence-electron chi connectivity index (χ0n) is 6.18. The highest BCUT2D eigenvalue weighted by atomic mass is 16.4. The maximum atomic E-state index is 9.28. The second kappa shape index (κ2) is 2.25. The van der Waals surface area contributed by atoms with Gasteiger partial charge >= 0.3 is 0 Å². The summed E-state index contributed by atoms with van der Waals surface area (Å²) < 4.78 is 0. The molecule has 3 heteroatoms. The van der Waals surface area contributed by atoms with Gasteiger partial charge in [0.15, 0.2) is 0 Å². The van der Waals surface area contributed by atoms with Crippen LogP contribution in [0.4, 0.5) is 0 Å². The highest BCUT2D eigenvalue weighted by Gasteiger charge is 2.36. The second-order valence-electron chi connectivity index (χ2n) is 2.77. The van der Waals surface area contributed by atoms with Crippen LogP contribution in [0.15, 0.2) is 0 Å². The molecule has 2 unspecified atom stereocenters. The lowest BCUT2D eigenvalue weighted by atomic mass is 9.92. The van der Waals surface area contributed by atoms with Crippen LogP contribution in [0.1, 0.15) is 27.2 Å². The first-order valence-corrected chi connectivity index (χ1v) is 3.05. The van der Waals surface area contributed by atoms with Crippen LogP contribution in [-0.4, -0.2) is 21.5 Å². The largest absolute Gasteiger partial charge is 0.386 e.